The van der Waals surface area contributed by atoms with Crippen LogP contribution in [0.1, 0.15) is 63.5 Å². The van der Waals surface area contributed by atoms with Crippen LogP contribution >= 0.6 is 0 Å². The van der Waals surface area contributed by atoms with Crippen LogP contribution in [-0.2, 0) is 35.8 Å². The number of hydrogen-bond donors (Lipinski definition) is 6. The number of carboxylic acids is 1. The maximum atomic E-state index is 13.7. The minimum absolute atomic E-state index is 0.0988. The quantitative estimate of drug-likeness (QED) is 0.0546. The summed E-state index contributed by atoms with van der Waals surface area (Å²) in [6.07, 6.45) is 1.66. The molecule has 0 radical (unpaired) electrons. The number of carboxylic acid groups (broad SMARTS) is 1. The Bertz CT molecular complexity index is 1730. The van der Waals surface area contributed by atoms with Crippen molar-refractivity contribution in [3.63, 3.8) is 0 Å². The van der Waals surface area contributed by atoms with Gasteiger partial charge in [-0.1, -0.05) is 19.9 Å². The summed E-state index contributed by atoms with van der Waals surface area (Å²) in [7, 11) is 5.20. The predicted octanol–water partition coefficient (Wildman–Crippen LogP) is 0.404. The lowest BCUT2D eigenvalue weighted by Crippen LogP contribution is -2.74. The van der Waals surface area contributed by atoms with E-state index in [0.717, 1.165) is 17.7 Å². The number of likely N-dealkylation sites (tertiary alicyclic amines) is 1. The van der Waals surface area contributed by atoms with Crippen LogP contribution in [0.25, 0.3) is 0 Å². The number of piperidine rings is 1. The van der Waals surface area contributed by atoms with E-state index in [1.807, 2.05) is 33.0 Å². The number of ketones is 1. The van der Waals surface area contributed by atoms with Crippen molar-refractivity contribution in [2.45, 2.75) is 82.0 Å². The number of likely N-dealkylation sites (N-methyl/N-ethyl adjacent to an activating group) is 1. The van der Waals surface area contributed by atoms with Crippen molar-refractivity contribution in [3.05, 3.63) is 35.1 Å². The fraction of sp³-hybridized carbons (Fsp3) is 0.622. The molecule has 1 fully saturated rings. The van der Waals surface area contributed by atoms with Crippen LogP contribution in [0.3, 0.4) is 0 Å². The van der Waals surface area contributed by atoms with Gasteiger partial charge in [-0.2, -0.15) is 0 Å². The first-order valence-electron chi connectivity index (χ1n) is 18.2. The summed E-state index contributed by atoms with van der Waals surface area (Å²) in [6.45, 7) is 4.65. The molecule has 8 N–H and O–H groups in total. The number of hydrogen-bond acceptors (Lipinski definition) is 11. The number of benzene rings is 1. The van der Waals surface area contributed by atoms with E-state index in [4.69, 9.17) is 30.8 Å². The molecule has 2 aliphatic heterocycles. The van der Waals surface area contributed by atoms with E-state index < -0.39 is 71.1 Å². The molecule has 5 rings (SSSR count). The van der Waals surface area contributed by atoms with Gasteiger partial charge in [0.15, 0.2) is 29.3 Å². The second kappa shape index (κ2) is 15.8. The van der Waals surface area contributed by atoms with Gasteiger partial charge in [0, 0.05) is 57.0 Å². The highest BCUT2D eigenvalue weighted by atomic mass is 16.6. The van der Waals surface area contributed by atoms with Gasteiger partial charge in [0.05, 0.1) is 24.7 Å². The molecule has 1 spiro atoms. The Labute approximate surface area is 314 Å². The number of guanidine groups is 1. The molecule has 2 bridgehead atoms. The van der Waals surface area contributed by atoms with E-state index in [9.17, 15) is 29.1 Å². The van der Waals surface area contributed by atoms with Crippen molar-refractivity contribution >= 4 is 35.6 Å². The number of methoxy groups -OCH3 is 1. The second-order valence-electron chi connectivity index (χ2n) is 15.6. The van der Waals surface area contributed by atoms with Crippen LogP contribution in [0.15, 0.2) is 29.0 Å². The Morgan fingerprint density at radius 3 is 2.63 bits per heavy atom. The average molecular weight is 756 g/mol. The molecule has 2 aliphatic carbocycles. The molecule has 3 amide bonds. The zero-order valence-corrected chi connectivity index (χ0v) is 31.6. The molecular weight excluding hydrogens is 702 g/mol. The van der Waals surface area contributed by atoms with Crippen molar-refractivity contribution in [1.29, 1.82) is 0 Å². The highest BCUT2D eigenvalue weighted by Gasteiger charge is 2.72. The molecule has 1 aromatic carbocycles. The third kappa shape index (κ3) is 7.97. The first kappa shape index (κ1) is 40.3. The molecule has 54 heavy (non-hydrogen) atoms. The standard InChI is InChI=1S/C37H53N7O10/c1-35(2,19-42-32(49)22(7-6-13-40-33(38)39)15-23(45)18-41-27(46)17-28(47)48)20-44(4)34(50)53-25-10-11-37(51)26-16-21-8-9-24(52-5)30-29(21)36(37,31(25)54-30)12-14-43(26)3/h8-10,22,26,31,51H,6-7,11-20H2,1-5H3,(H,41,46)(H,42,49)(H,47,48)(H4,38,39,40)/t22-,26-,31+,36+,37-/m1/s1. The monoisotopic (exact) mass is 755 g/mol. The Morgan fingerprint density at radius 2 is 1.94 bits per heavy atom. The number of ether oxygens (including phenoxy) is 3. The SMILES string of the molecule is COc1ccc2c3c1O[C@H]1C(OC(=O)N(C)CC(C)(C)CNC(=O)[C@H](CCCN=C(N)N)CC(=O)CNC(=O)CC(=O)O)=CC[C@@]4(O)[C@@H](C2)N(C)CC[C@]314. The minimum Gasteiger partial charge on any atom is -0.493 e. The molecule has 5 atom stereocenters. The Hall–Kier alpha value is -4.90. The van der Waals surface area contributed by atoms with E-state index in [1.54, 1.807) is 20.2 Å². The largest absolute Gasteiger partial charge is 0.493 e. The van der Waals surface area contributed by atoms with Crippen molar-refractivity contribution in [2.75, 3.05) is 53.9 Å². The van der Waals surface area contributed by atoms with Gasteiger partial charge >= 0.3 is 12.1 Å². The van der Waals surface area contributed by atoms with Crippen LogP contribution in [0.4, 0.5) is 4.79 Å². The number of nitrogens with one attached hydrogen (secondary N) is 2. The number of Topliss-reactive ketones (excluding diaryl/α,β-unsaturated/α-hetero) is 1. The fourth-order valence-electron chi connectivity index (χ4n) is 8.62. The van der Waals surface area contributed by atoms with Gasteiger partial charge in [-0.25, -0.2) is 4.79 Å². The smallest absolute Gasteiger partial charge is 0.414 e. The van der Waals surface area contributed by atoms with Crippen molar-refractivity contribution in [2.24, 2.45) is 27.8 Å². The topological polar surface area (TPSA) is 248 Å². The zero-order valence-electron chi connectivity index (χ0n) is 31.6. The Morgan fingerprint density at radius 1 is 1.20 bits per heavy atom. The maximum absolute atomic E-state index is 13.7. The number of carbonyl (C=O) groups is 5. The van der Waals surface area contributed by atoms with Crippen LogP contribution in [-0.4, -0.2) is 127 Å². The molecule has 2 heterocycles. The van der Waals surface area contributed by atoms with Crippen LogP contribution in [0.2, 0.25) is 0 Å². The zero-order chi connectivity index (χ0) is 39.6. The number of amides is 3. The van der Waals surface area contributed by atoms with Gasteiger partial charge in [-0.15, -0.1) is 0 Å². The number of aliphatic imine (C=N–C) groups is 1. The molecule has 0 saturated carbocycles. The molecule has 0 aromatic heterocycles. The molecular formula is C37H53N7O10. The summed E-state index contributed by atoms with van der Waals surface area (Å²) in [5.74, 6) is -2.38. The van der Waals surface area contributed by atoms with E-state index in [-0.39, 0.29) is 50.9 Å². The molecule has 0 unspecified atom stereocenters. The van der Waals surface area contributed by atoms with Crippen molar-refractivity contribution in [1.82, 2.24) is 20.4 Å². The third-order valence-corrected chi connectivity index (χ3v) is 11.1. The van der Waals surface area contributed by atoms with Gasteiger partial charge in [0.1, 0.15) is 12.2 Å². The van der Waals surface area contributed by atoms with Gasteiger partial charge in [-0.3, -0.25) is 24.2 Å². The summed E-state index contributed by atoms with van der Waals surface area (Å²) in [5, 5.41) is 26.4. The number of aliphatic carboxylic acids is 1. The minimum atomic E-state index is -1.32. The first-order valence-corrected chi connectivity index (χ1v) is 18.2. The number of rotatable bonds is 17. The summed E-state index contributed by atoms with van der Waals surface area (Å²) >= 11 is 0. The van der Waals surface area contributed by atoms with E-state index in [0.29, 0.717) is 36.5 Å². The molecule has 4 aliphatic rings. The first-order chi connectivity index (χ1) is 25.4. The van der Waals surface area contributed by atoms with Gasteiger partial charge in [0.25, 0.3) is 0 Å². The Kier molecular flexibility index (Phi) is 11.8. The summed E-state index contributed by atoms with van der Waals surface area (Å²) in [5.41, 5.74) is 10.2. The van der Waals surface area contributed by atoms with Gasteiger partial charge in [-0.05, 0) is 62.4 Å². The molecule has 1 saturated heterocycles. The summed E-state index contributed by atoms with van der Waals surface area (Å²) in [4.78, 5) is 69.7. The molecule has 17 nitrogen and oxygen atoms in total. The molecule has 296 valence electrons. The highest BCUT2D eigenvalue weighted by molar-refractivity contribution is 5.96. The lowest BCUT2D eigenvalue weighted by Gasteiger charge is -2.61. The van der Waals surface area contributed by atoms with E-state index >= 15 is 0 Å². The van der Waals surface area contributed by atoms with Gasteiger partial charge in [0.2, 0.25) is 11.8 Å². The second-order valence-corrected chi connectivity index (χ2v) is 15.6. The summed E-state index contributed by atoms with van der Waals surface area (Å²) < 4.78 is 18.3. The number of nitrogens with zero attached hydrogens (tertiary/aromatic N) is 3. The maximum Gasteiger partial charge on any atom is 0.414 e. The van der Waals surface area contributed by atoms with E-state index in [1.165, 1.54) is 4.90 Å². The van der Waals surface area contributed by atoms with E-state index in [2.05, 4.69) is 20.5 Å². The average Bonchev–Trinajstić information content (AvgIpc) is 3.46. The highest BCUT2D eigenvalue weighted by Crippen LogP contribution is 2.65. The molecule has 1 aromatic rings. The fourth-order valence-corrected chi connectivity index (χ4v) is 8.62. The number of carbonyl (C=O) groups excluding carboxylic acids is 4. The van der Waals surface area contributed by atoms with Crippen LogP contribution in [0, 0.1) is 11.3 Å². The van der Waals surface area contributed by atoms with Crippen LogP contribution < -0.4 is 31.6 Å². The number of aliphatic hydroxyl groups is 1. The van der Waals surface area contributed by atoms with Gasteiger partial charge < -0.3 is 56.3 Å². The number of nitrogens with two attached hydrogens (primary N) is 2. The van der Waals surface area contributed by atoms with Crippen molar-refractivity contribution < 1.29 is 48.4 Å². The Balaban J connectivity index is 1.22. The molecule has 17 heteroatoms. The third-order valence-electron chi connectivity index (χ3n) is 11.1. The lowest BCUT2D eigenvalue weighted by atomic mass is 9.50. The predicted molar refractivity (Wildman–Crippen MR) is 196 cm³/mol. The normalized spacial score (nSPS) is 24.1. The lowest BCUT2D eigenvalue weighted by molar-refractivity contribution is -0.163. The van der Waals surface area contributed by atoms with Crippen LogP contribution in [0.5, 0.6) is 11.5 Å². The summed E-state index contributed by atoms with van der Waals surface area (Å²) in [6, 6.07) is 3.77. The van der Waals surface area contributed by atoms with Crippen molar-refractivity contribution in [3.8, 4) is 11.5 Å².